The second-order valence-electron chi connectivity index (χ2n) is 6.55. The van der Waals surface area contributed by atoms with E-state index in [9.17, 15) is 24.3 Å². The third kappa shape index (κ3) is 11.0. The lowest BCUT2D eigenvalue weighted by Gasteiger charge is -2.23. The summed E-state index contributed by atoms with van der Waals surface area (Å²) in [7, 11) is 0. The van der Waals surface area contributed by atoms with E-state index in [1.807, 2.05) is 6.26 Å². The summed E-state index contributed by atoms with van der Waals surface area (Å²) < 4.78 is 0. The predicted octanol–water partition coefficient (Wildman–Crippen LogP) is -2.25. The van der Waals surface area contributed by atoms with Crippen LogP contribution in [0.1, 0.15) is 32.6 Å². The Hall–Kier alpha value is -1.89. The molecule has 11 nitrogen and oxygen atoms in total. The van der Waals surface area contributed by atoms with Crippen LogP contribution in [0, 0.1) is 0 Å². The van der Waals surface area contributed by atoms with Crippen LogP contribution in [-0.4, -0.2) is 83.2 Å². The molecule has 0 bridgehead atoms. The first-order chi connectivity index (χ1) is 13.7. The predicted molar refractivity (Wildman–Crippen MR) is 110 cm³/mol. The zero-order valence-corrected chi connectivity index (χ0v) is 17.7. The van der Waals surface area contributed by atoms with Gasteiger partial charge >= 0.3 is 5.97 Å². The van der Waals surface area contributed by atoms with E-state index in [0.717, 1.165) is 0 Å². The summed E-state index contributed by atoms with van der Waals surface area (Å²) in [6.45, 7) is 1.27. The number of unbranched alkanes of at least 4 members (excludes halogenated alkanes) is 1. The number of carboxylic acids is 1. The molecule has 12 heteroatoms. The number of thioether (sulfide) groups is 1. The molecular weight excluding hydrogens is 402 g/mol. The van der Waals surface area contributed by atoms with Crippen molar-refractivity contribution >= 4 is 35.5 Å². The number of hydrogen-bond acceptors (Lipinski definition) is 8. The molecule has 0 rings (SSSR count). The molecule has 9 N–H and O–H groups in total. The smallest absolute Gasteiger partial charge is 0.326 e. The minimum Gasteiger partial charge on any atom is -0.480 e. The molecule has 29 heavy (non-hydrogen) atoms. The lowest BCUT2D eigenvalue weighted by molar-refractivity contribution is -0.142. The number of carbonyl (C=O) groups excluding carboxylic acids is 3. The van der Waals surface area contributed by atoms with Gasteiger partial charge in [0.2, 0.25) is 17.7 Å². The normalized spacial score (nSPS) is 14.9. The van der Waals surface area contributed by atoms with Gasteiger partial charge in [-0.3, -0.25) is 14.4 Å². The first-order valence-corrected chi connectivity index (χ1v) is 10.8. The fourth-order valence-corrected chi connectivity index (χ4v) is 2.76. The number of nitrogens with two attached hydrogens (primary N) is 2. The highest BCUT2D eigenvalue weighted by molar-refractivity contribution is 7.98. The average molecular weight is 436 g/mol. The van der Waals surface area contributed by atoms with Gasteiger partial charge in [0.15, 0.2) is 0 Å². The maximum atomic E-state index is 12.5. The maximum Gasteiger partial charge on any atom is 0.326 e. The van der Waals surface area contributed by atoms with Crippen LogP contribution in [0.5, 0.6) is 0 Å². The highest BCUT2D eigenvalue weighted by Gasteiger charge is 2.27. The Kier molecular flexibility index (Phi) is 14.0. The zero-order valence-electron chi connectivity index (χ0n) is 16.8. The van der Waals surface area contributed by atoms with Crippen LogP contribution >= 0.6 is 11.8 Å². The molecule has 0 radical (unpaired) electrons. The molecule has 4 atom stereocenters. The van der Waals surface area contributed by atoms with Crippen molar-refractivity contribution in [2.75, 3.05) is 25.2 Å². The van der Waals surface area contributed by atoms with Crippen molar-refractivity contribution in [3.63, 3.8) is 0 Å². The average Bonchev–Trinajstić information content (AvgIpc) is 2.68. The largest absolute Gasteiger partial charge is 0.480 e. The summed E-state index contributed by atoms with van der Waals surface area (Å²) in [5.41, 5.74) is 10.8. The quantitative estimate of drug-likeness (QED) is 0.139. The van der Waals surface area contributed by atoms with E-state index in [-0.39, 0.29) is 6.42 Å². The second-order valence-corrected chi connectivity index (χ2v) is 7.53. The van der Waals surface area contributed by atoms with E-state index in [1.165, 1.54) is 18.7 Å². The number of aliphatic carboxylic acids is 1. The summed E-state index contributed by atoms with van der Waals surface area (Å²) in [5, 5.41) is 25.5. The summed E-state index contributed by atoms with van der Waals surface area (Å²) in [4.78, 5) is 48.0. The van der Waals surface area contributed by atoms with Gasteiger partial charge in [0.1, 0.15) is 24.2 Å². The molecule has 3 amide bonds. The van der Waals surface area contributed by atoms with Gasteiger partial charge in [0.25, 0.3) is 0 Å². The van der Waals surface area contributed by atoms with Gasteiger partial charge < -0.3 is 37.6 Å². The highest BCUT2D eigenvalue weighted by Crippen LogP contribution is 2.04. The molecule has 168 valence electrons. The summed E-state index contributed by atoms with van der Waals surface area (Å²) in [5.74, 6) is -2.54. The van der Waals surface area contributed by atoms with Gasteiger partial charge in [0.05, 0.1) is 6.61 Å². The molecule has 0 aromatic heterocycles. The van der Waals surface area contributed by atoms with Gasteiger partial charge in [-0.15, -0.1) is 0 Å². The Morgan fingerprint density at radius 1 is 0.966 bits per heavy atom. The molecule has 0 aromatic rings. The monoisotopic (exact) mass is 435 g/mol. The summed E-state index contributed by atoms with van der Waals surface area (Å²) in [6, 6.07) is -4.20. The van der Waals surface area contributed by atoms with Crippen LogP contribution in [0.4, 0.5) is 0 Å². The molecule has 0 aliphatic carbocycles. The van der Waals surface area contributed by atoms with E-state index in [0.29, 0.717) is 31.6 Å². The lowest BCUT2D eigenvalue weighted by Crippen LogP contribution is -2.56. The van der Waals surface area contributed by atoms with E-state index in [2.05, 4.69) is 16.0 Å². The molecule has 4 unspecified atom stereocenters. The number of amides is 3. The number of aliphatic hydroxyl groups excluding tert-OH is 1. The van der Waals surface area contributed by atoms with Crippen molar-refractivity contribution in [2.45, 2.75) is 56.8 Å². The molecule has 0 aliphatic rings. The number of carbonyl (C=O) groups is 4. The number of aliphatic hydroxyl groups is 1. The summed E-state index contributed by atoms with van der Waals surface area (Å²) in [6.07, 6.45) is 3.54. The minimum absolute atomic E-state index is 0.227. The van der Waals surface area contributed by atoms with Crippen molar-refractivity contribution in [1.29, 1.82) is 0 Å². The molecule has 0 saturated heterocycles. The third-order valence-corrected chi connectivity index (χ3v) is 4.73. The summed E-state index contributed by atoms with van der Waals surface area (Å²) >= 11 is 1.47. The van der Waals surface area contributed by atoms with E-state index in [4.69, 9.17) is 16.6 Å². The maximum absolute atomic E-state index is 12.5. The fourth-order valence-electron chi connectivity index (χ4n) is 2.29. The Balaban J connectivity index is 4.88. The Morgan fingerprint density at radius 2 is 1.59 bits per heavy atom. The first kappa shape index (κ1) is 27.1. The molecule has 0 heterocycles. The van der Waals surface area contributed by atoms with Gasteiger partial charge in [-0.25, -0.2) is 4.79 Å². The van der Waals surface area contributed by atoms with Crippen LogP contribution in [-0.2, 0) is 19.2 Å². The molecule has 0 aliphatic heterocycles. The Morgan fingerprint density at radius 3 is 2.10 bits per heavy atom. The number of hydrogen-bond donors (Lipinski definition) is 7. The highest BCUT2D eigenvalue weighted by atomic mass is 32.2. The Labute approximate surface area is 174 Å². The second kappa shape index (κ2) is 15.0. The van der Waals surface area contributed by atoms with Gasteiger partial charge in [0, 0.05) is 0 Å². The molecule has 0 aromatic carbocycles. The van der Waals surface area contributed by atoms with E-state index < -0.39 is 54.5 Å². The standard InChI is InChI=1S/C17H33N5O6S/c1-10(14(24)22-13(17(27)28)5-3-4-7-18)20-16(26)12(6-8-29-2)21-15(25)11(19)9-23/h10-13,23H,3-9,18-19H2,1-2H3,(H,20,26)(H,21,25)(H,22,24)(H,27,28). The topological polar surface area (TPSA) is 197 Å². The van der Waals surface area contributed by atoms with Crippen molar-refractivity contribution < 1.29 is 29.4 Å². The van der Waals surface area contributed by atoms with Gasteiger partial charge in [-0.1, -0.05) is 0 Å². The van der Waals surface area contributed by atoms with Crippen molar-refractivity contribution in [3.8, 4) is 0 Å². The fraction of sp³-hybridized carbons (Fsp3) is 0.765. The molecule has 0 saturated carbocycles. The van der Waals surface area contributed by atoms with E-state index >= 15 is 0 Å². The SMILES string of the molecule is CSCCC(NC(=O)C(N)CO)C(=O)NC(C)C(=O)NC(CCCCN)C(=O)O. The first-order valence-electron chi connectivity index (χ1n) is 9.37. The van der Waals surface area contributed by atoms with Gasteiger partial charge in [-0.05, 0) is 51.2 Å². The van der Waals surface area contributed by atoms with Crippen LogP contribution in [0.15, 0.2) is 0 Å². The van der Waals surface area contributed by atoms with Gasteiger partial charge in [-0.2, -0.15) is 11.8 Å². The molecular formula is C17H33N5O6S. The number of nitrogens with one attached hydrogen (secondary N) is 3. The van der Waals surface area contributed by atoms with Crippen LogP contribution < -0.4 is 27.4 Å². The Bertz CT molecular complexity index is 550. The third-order valence-electron chi connectivity index (χ3n) is 4.09. The number of rotatable bonds is 15. The van der Waals surface area contributed by atoms with Crippen molar-refractivity contribution in [2.24, 2.45) is 11.5 Å². The van der Waals surface area contributed by atoms with Crippen LogP contribution in [0.2, 0.25) is 0 Å². The van der Waals surface area contributed by atoms with Crippen LogP contribution in [0.25, 0.3) is 0 Å². The lowest BCUT2D eigenvalue weighted by atomic mass is 10.1. The zero-order chi connectivity index (χ0) is 22.4. The number of carboxylic acid groups (broad SMARTS) is 1. The van der Waals surface area contributed by atoms with Crippen molar-refractivity contribution in [3.05, 3.63) is 0 Å². The van der Waals surface area contributed by atoms with Crippen LogP contribution in [0.3, 0.4) is 0 Å². The molecule has 0 fully saturated rings. The van der Waals surface area contributed by atoms with Crippen molar-refractivity contribution in [1.82, 2.24) is 16.0 Å². The minimum atomic E-state index is -1.17. The molecule has 0 spiro atoms. The van der Waals surface area contributed by atoms with E-state index in [1.54, 1.807) is 0 Å².